The lowest BCUT2D eigenvalue weighted by atomic mass is 9.97. The minimum absolute atomic E-state index is 0.630. The molecule has 0 aliphatic rings. The number of benzene rings is 1. The van der Waals surface area contributed by atoms with Crippen LogP contribution in [0.25, 0.3) is 0 Å². The van der Waals surface area contributed by atoms with E-state index < -0.39 is 0 Å². The topological polar surface area (TPSA) is 47.3 Å². The predicted octanol–water partition coefficient (Wildman–Crippen LogP) is 2.69. The average molecular weight is 264 g/mol. The molecule has 0 amide bonds. The standard InChI is InChI=1S/C16H28N2O/c1-11(6-7-17)9-18-10-15-12(2)8-16(19-5)14(4)13(15)3/h8,11,18H,6-7,9-10,17H2,1-5H3. The zero-order valence-corrected chi connectivity index (χ0v) is 13.0. The molecule has 0 aliphatic carbocycles. The lowest BCUT2D eigenvalue weighted by Gasteiger charge is -2.18. The third-order valence-corrected chi connectivity index (χ3v) is 3.88. The Kier molecular flexibility index (Phi) is 6.32. The van der Waals surface area contributed by atoms with Gasteiger partial charge in [-0.25, -0.2) is 0 Å². The Morgan fingerprint density at radius 3 is 2.53 bits per heavy atom. The summed E-state index contributed by atoms with van der Waals surface area (Å²) >= 11 is 0. The molecule has 108 valence electrons. The van der Waals surface area contributed by atoms with E-state index in [1.807, 2.05) is 0 Å². The Bertz CT molecular complexity index is 416. The van der Waals surface area contributed by atoms with Gasteiger partial charge in [0.25, 0.3) is 0 Å². The lowest BCUT2D eigenvalue weighted by Crippen LogP contribution is -2.23. The number of nitrogens with two attached hydrogens (primary N) is 1. The van der Waals surface area contributed by atoms with Crippen LogP contribution in [-0.2, 0) is 6.54 Å². The predicted molar refractivity (Wildman–Crippen MR) is 81.7 cm³/mol. The van der Waals surface area contributed by atoms with Crippen molar-refractivity contribution in [3.05, 3.63) is 28.3 Å². The van der Waals surface area contributed by atoms with Gasteiger partial charge in [0.1, 0.15) is 5.75 Å². The van der Waals surface area contributed by atoms with E-state index in [0.29, 0.717) is 5.92 Å². The minimum atomic E-state index is 0.630. The first-order chi connectivity index (χ1) is 9.01. The Balaban J connectivity index is 2.71. The van der Waals surface area contributed by atoms with E-state index in [1.165, 1.54) is 22.3 Å². The summed E-state index contributed by atoms with van der Waals surface area (Å²) in [7, 11) is 1.73. The molecule has 3 heteroatoms. The van der Waals surface area contributed by atoms with Gasteiger partial charge in [0.05, 0.1) is 7.11 Å². The molecule has 0 fully saturated rings. The Hall–Kier alpha value is -1.06. The van der Waals surface area contributed by atoms with Crippen LogP contribution in [0.4, 0.5) is 0 Å². The number of ether oxygens (including phenoxy) is 1. The molecule has 1 aromatic rings. The molecular formula is C16H28N2O. The van der Waals surface area contributed by atoms with Gasteiger partial charge in [-0.15, -0.1) is 0 Å². The van der Waals surface area contributed by atoms with Crippen LogP contribution in [0, 0.1) is 26.7 Å². The molecule has 0 bridgehead atoms. The molecule has 1 rings (SSSR count). The molecule has 1 aromatic carbocycles. The summed E-state index contributed by atoms with van der Waals surface area (Å²) in [6.45, 7) is 11.4. The Morgan fingerprint density at radius 1 is 1.26 bits per heavy atom. The lowest BCUT2D eigenvalue weighted by molar-refractivity contribution is 0.410. The van der Waals surface area contributed by atoms with Crippen LogP contribution in [-0.4, -0.2) is 20.2 Å². The maximum absolute atomic E-state index is 5.57. The third kappa shape index (κ3) is 4.22. The third-order valence-electron chi connectivity index (χ3n) is 3.88. The fourth-order valence-electron chi connectivity index (χ4n) is 2.41. The van der Waals surface area contributed by atoms with Gasteiger partial charge in [-0.3, -0.25) is 0 Å². The molecule has 0 aliphatic heterocycles. The van der Waals surface area contributed by atoms with Crippen LogP contribution in [0.3, 0.4) is 0 Å². The molecule has 0 saturated heterocycles. The fourth-order valence-corrected chi connectivity index (χ4v) is 2.41. The summed E-state index contributed by atoms with van der Waals surface area (Å²) in [5.74, 6) is 1.61. The molecule has 1 atom stereocenters. The van der Waals surface area contributed by atoms with Crippen molar-refractivity contribution in [2.75, 3.05) is 20.2 Å². The zero-order chi connectivity index (χ0) is 14.4. The summed E-state index contributed by atoms with van der Waals surface area (Å²) in [4.78, 5) is 0. The van der Waals surface area contributed by atoms with Crippen molar-refractivity contribution >= 4 is 0 Å². The molecule has 3 nitrogen and oxygen atoms in total. The molecule has 0 spiro atoms. The number of methoxy groups -OCH3 is 1. The van der Waals surface area contributed by atoms with Crippen LogP contribution < -0.4 is 15.8 Å². The molecule has 0 aromatic heterocycles. The molecule has 0 saturated carbocycles. The van der Waals surface area contributed by atoms with Crippen molar-refractivity contribution in [1.82, 2.24) is 5.32 Å². The Labute approximate surface area is 117 Å². The van der Waals surface area contributed by atoms with Gasteiger partial charge in [0.2, 0.25) is 0 Å². The highest BCUT2D eigenvalue weighted by molar-refractivity contribution is 5.48. The highest BCUT2D eigenvalue weighted by Crippen LogP contribution is 2.27. The maximum atomic E-state index is 5.57. The van der Waals surface area contributed by atoms with E-state index in [-0.39, 0.29) is 0 Å². The van der Waals surface area contributed by atoms with Crippen LogP contribution in [0.2, 0.25) is 0 Å². The normalized spacial score (nSPS) is 12.5. The second kappa shape index (κ2) is 7.51. The minimum Gasteiger partial charge on any atom is -0.496 e. The van der Waals surface area contributed by atoms with Gasteiger partial charge in [-0.2, -0.15) is 0 Å². The molecular weight excluding hydrogens is 236 g/mol. The van der Waals surface area contributed by atoms with Crippen LogP contribution in [0.15, 0.2) is 6.07 Å². The monoisotopic (exact) mass is 264 g/mol. The number of nitrogens with one attached hydrogen (secondary N) is 1. The van der Waals surface area contributed by atoms with E-state index in [0.717, 1.165) is 31.8 Å². The summed E-state index contributed by atoms with van der Waals surface area (Å²) in [5, 5.41) is 3.54. The summed E-state index contributed by atoms with van der Waals surface area (Å²) in [5.41, 5.74) is 10.8. The first-order valence-electron chi connectivity index (χ1n) is 7.05. The molecule has 3 N–H and O–H groups in total. The SMILES string of the molecule is COc1cc(C)c(CNCC(C)CCN)c(C)c1C. The van der Waals surface area contributed by atoms with Crippen LogP contribution in [0.1, 0.15) is 35.6 Å². The van der Waals surface area contributed by atoms with Gasteiger partial charge in [-0.1, -0.05) is 6.92 Å². The highest BCUT2D eigenvalue weighted by Gasteiger charge is 2.10. The van der Waals surface area contributed by atoms with Gasteiger partial charge < -0.3 is 15.8 Å². The number of aryl methyl sites for hydroxylation is 1. The van der Waals surface area contributed by atoms with Crippen molar-refractivity contribution in [1.29, 1.82) is 0 Å². The fraction of sp³-hybridized carbons (Fsp3) is 0.625. The average Bonchev–Trinajstić information content (AvgIpc) is 2.38. The number of rotatable bonds is 7. The quantitative estimate of drug-likeness (QED) is 0.796. The van der Waals surface area contributed by atoms with Gasteiger partial charge >= 0.3 is 0 Å². The summed E-state index contributed by atoms with van der Waals surface area (Å²) in [6, 6.07) is 2.13. The van der Waals surface area contributed by atoms with Gasteiger partial charge in [0, 0.05) is 6.54 Å². The van der Waals surface area contributed by atoms with Crippen molar-refractivity contribution in [3.8, 4) is 5.75 Å². The summed E-state index contributed by atoms with van der Waals surface area (Å²) < 4.78 is 5.40. The second-order valence-electron chi connectivity index (χ2n) is 5.44. The molecule has 0 heterocycles. The maximum Gasteiger partial charge on any atom is 0.122 e. The van der Waals surface area contributed by atoms with Crippen LogP contribution >= 0.6 is 0 Å². The van der Waals surface area contributed by atoms with E-state index in [2.05, 4.69) is 39.1 Å². The molecule has 0 radical (unpaired) electrons. The van der Waals surface area contributed by atoms with Gasteiger partial charge in [-0.05, 0) is 74.5 Å². The summed E-state index contributed by atoms with van der Waals surface area (Å²) in [6.07, 6.45) is 1.08. The Morgan fingerprint density at radius 2 is 1.95 bits per heavy atom. The van der Waals surface area contributed by atoms with Crippen LogP contribution in [0.5, 0.6) is 5.75 Å². The first kappa shape index (κ1) is 16.0. The van der Waals surface area contributed by atoms with Crippen molar-refractivity contribution < 1.29 is 4.74 Å². The van der Waals surface area contributed by atoms with E-state index in [4.69, 9.17) is 10.5 Å². The number of hydrogen-bond acceptors (Lipinski definition) is 3. The van der Waals surface area contributed by atoms with Gasteiger partial charge in [0.15, 0.2) is 0 Å². The van der Waals surface area contributed by atoms with Crippen molar-refractivity contribution in [3.63, 3.8) is 0 Å². The van der Waals surface area contributed by atoms with E-state index >= 15 is 0 Å². The zero-order valence-electron chi connectivity index (χ0n) is 13.0. The second-order valence-corrected chi connectivity index (χ2v) is 5.44. The smallest absolute Gasteiger partial charge is 0.122 e. The molecule has 1 unspecified atom stereocenters. The number of hydrogen-bond donors (Lipinski definition) is 2. The first-order valence-corrected chi connectivity index (χ1v) is 7.05. The largest absolute Gasteiger partial charge is 0.496 e. The van der Waals surface area contributed by atoms with E-state index in [9.17, 15) is 0 Å². The molecule has 19 heavy (non-hydrogen) atoms. The van der Waals surface area contributed by atoms with Crippen molar-refractivity contribution in [2.24, 2.45) is 11.7 Å². The van der Waals surface area contributed by atoms with E-state index in [1.54, 1.807) is 7.11 Å². The highest BCUT2D eigenvalue weighted by atomic mass is 16.5. The van der Waals surface area contributed by atoms with Crippen molar-refractivity contribution in [2.45, 2.75) is 40.7 Å².